The molecule has 2 heterocycles. The van der Waals surface area contributed by atoms with Crippen LogP contribution in [-0.4, -0.2) is 32.4 Å². The predicted octanol–water partition coefficient (Wildman–Crippen LogP) is 4.05. The van der Waals surface area contributed by atoms with Crippen molar-refractivity contribution in [3.8, 4) is 0 Å². The molecule has 1 aromatic heterocycles. The van der Waals surface area contributed by atoms with E-state index < -0.39 is 0 Å². The molecule has 23 heavy (non-hydrogen) atoms. The molecule has 120 valence electrons. The Morgan fingerprint density at radius 3 is 2.70 bits per heavy atom. The van der Waals surface area contributed by atoms with Crippen molar-refractivity contribution in [2.24, 2.45) is 0 Å². The molecule has 3 rings (SSSR count). The number of aliphatic hydroxyl groups is 1. The van der Waals surface area contributed by atoms with Crippen LogP contribution in [0.25, 0.3) is 4.91 Å². The quantitative estimate of drug-likeness (QED) is 0.886. The summed E-state index contributed by atoms with van der Waals surface area (Å²) in [5.74, 6) is 0.898. The molecule has 0 aliphatic carbocycles. The summed E-state index contributed by atoms with van der Waals surface area (Å²) in [5, 5.41) is 13.8. The highest BCUT2D eigenvalue weighted by molar-refractivity contribution is 8.09. The summed E-state index contributed by atoms with van der Waals surface area (Å²) >= 11 is 1.66. The van der Waals surface area contributed by atoms with E-state index in [1.165, 1.54) is 0 Å². The zero-order valence-corrected chi connectivity index (χ0v) is 14.5. The Kier molecular flexibility index (Phi) is 4.17. The minimum Gasteiger partial charge on any atom is -0.494 e. The molecule has 0 fully saturated rings. The van der Waals surface area contributed by atoms with Gasteiger partial charge in [0.05, 0.1) is 10.3 Å². The van der Waals surface area contributed by atoms with Crippen LogP contribution >= 0.6 is 11.8 Å². The number of hydrogen-bond donors (Lipinski definition) is 2. The van der Waals surface area contributed by atoms with Gasteiger partial charge in [-0.15, -0.1) is 0 Å². The predicted molar refractivity (Wildman–Crippen MR) is 95.6 cm³/mol. The molecule has 0 bridgehead atoms. The van der Waals surface area contributed by atoms with E-state index in [1.54, 1.807) is 18.0 Å². The third-order valence-corrected chi connectivity index (χ3v) is 5.07. The summed E-state index contributed by atoms with van der Waals surface area (Å²) < 4.78 is 0. The first kappa shape index (κ1) is 15.7. The van der Waals surface area contributed by atoms with Gasteiger partial charge in [-0.1, -0.05) is 17.8 Å². The van der Waals surface area contributed by atoms with E-state index in [9.17, 15) is 5.11 Å². The summed E-state index contributed by atoms with van der Waals surface area (Å²) in [4.78, 5) is 11.4. The molecule has 1 aliphatic rings. The number of rotatable bonds is 3. The third kappa shape index (κ3) is 3.27. The van der Waals surface area contributed by atoms with Gasteiger partial charge in [0.25, 0.3) is 0 Å². The number of aliphatic hydroxyl groups excluding tert-OH is 1. The number of benzene rings is 1. The number of nitrogens with one attached hydrogen (secondary N) is 1. The van der Waals surface area contributed by atoms with Gasteiger partial charge in [-0.05, 0) is 50.1 Å². The Morgan fingerprint density at radius 2 is 2.04 bits per heavy atom. The minimum absolute atomic E-state index is 0.224. The number of hydrogen-bond acceptors (Lipinski definition) is 6. The van der Waals surface area contributed by atoms with Crippen LogP contribution in [0.3, 0.4) is 0 Å². The lowest BCUT2D eigenvalue weighted by Gasteiger charge is -2.15. The van der Waals surface area contributed by atoms with Crippen LogP contribution < -0.4 is 5.32 Å². The van der Waals surface area contributed by atoms with E-state index in [4.69, 9.17) is 0 Å². The molecule has 0 saturated heterocycles. The maximum absolute atomic E-state index is 10.3. The first-order chi connectivity index (χ1) is 10.9. The molecular formula is C17H20N4OS. The normalized spacial score (nSPS) is 17.7. The summed E-state index contributed by atoms with van der Waals surface area (Å²) in [6.07, 6.45) is 1.74. The lowest BCUT2D eigenvalue weighted by Crippen LogP contribution is -2.20. The maximum atomic E-state index is 10.3. The first-order valence-corrected chi connectivity index (χ1v) is 8.33. The third-order valence-electron chi connectivity index (χ3n) is 3.76. The number of thioether (sulfide) groups is 1. The summed E-state index contributed by atoms with van der Waals surface area (Å²) in [5.41, 5.74) is 3.94. The lowest BCUT2D eigenvalue weighted by atomic mass is 10.1. The molecule has 1 unspecified atom stereocenters. The SMILES string of the molecule is Cc1cc(Nc2nccc(C)n2)cc(C2=C(O)N(C)C(C)S2)c1. The average Bonchev–Trinajstić information content (AvgIpc) is 2.74. The first-order valence-electron chi connectivity index (χ1n) is 7.45. The van der Waals surface area contributed by atoms with Crippen LogP contribution in [0.1, 0.15) is 23.7 Å². The highest BCUT2D eigenvalue weighted by Crippen LogP contribution is 2.42. The van der Waals surface area contributed by atoms with Gasteiger partial charge in [-0.2, -0.15) is 0 Å². The van der Waals surface area contributed by atoms with E-state index in [1.807, 2.05) is 44.0 Å². The molecule has 1 aromatic carbocycles. The largest absolute Gasteiger partial charge is 0.494 e. The maximum Gasteiger partial charge on any atom is 0.227 e. The van der Waals surface area contributed by atoms with Crippen molar-refractivity contribution >= 4 is 28.3 Å². The van der Waals surface area contributed by atoms with Gasteiger partial charge >= 0.3 is 0 Å². The van der Waals surface area contributed by atoms with Crippen LogP contribution in [0.15, 0.2) is 36.3 Å². The Morgan fingerprint density at radius 1 is 1.26 bits per heavy atom. The van der Waals surface area contributed by atoms with Crippen LogP contribution in [0.5, 0.6) is 0 Å². The Bertz CT molecular complexity index is 775. The van der Waals surface area contributed by atoms with Crippen LogP contribution in [0.2, 0.25) is 0 Å². The van der Waals surface area contributed by atoms with Crippen molar-refractivity contribution in [3.05, 3.63) is 53.2 Å². The van der Waals surface area contributed by atoms with Crippen molar-refractivity contribution in [3.63, 3.8) is 0 Å². The summed E-state index contributed by atoms with van der Waals surface area (Å²) in [6, 6.07) is 8.00. The van der Waals surface area contributed by atoms with E-state index in [0.29, 0.717) is 11.8 Å². The van der Waals surface area contributed by atoms with Gasteiger partial charge in [0.15, 0.2) is 0 Å². The number of nitrogens with zero attached hydrogens (tertiary/aromatic N) is 3. The zero-order chi connectivity index (χ0) is 16.6. The molecule has 0 spiro atoms. The van der Waals surface area contributed by atoms with Gasteiger partial charge in [-0.3, -0.25) is 0 Å². The van der Waals surface area contributed by atoms with Crippen molar-refractivity contribution in [2.45, 2.75) is 26.1 Å². The highest BCUT2D eigenvalue weighted by Gasteiger charge is 2.27. The molecule has 0 radical (unpaired) electrons. The van der Waals surface area contributed by atoms with Crippen molar-refractivity contribution in [1.29, 1.82) is 0 Å². The molecular weight excluding hydrogens is 308 g/mol. The fourth-order valence-corrected chi connectivity index (χ4v) is 3.56. The minimum atomic E-state index is 0.224. The standard InChI is InChI=1S/C17H20N4OS/c1-10-7-13(15-16(22)21(4)12(3)23-15)9-14(8-10)20-17-18-6-5-11(2)19-17/h5-9,12,22H,1-4H3,(H,18,19,20). The average molecular weight is 328 g/mol. The fraction of sp³-hybridized carbons (Fsp3) is 0.294. The number of aryl methyl sites for hydroxylation is 2. The number of aromatic nitrogens is 2. The second kappa shape index (κ2) is 6.12. The molecule has 2 N–H and O–H groups in total. The molecule has 6 heteroatoms. The molecule has 0 amide bonds. The second-order valence-electron chi connectivity index (χ2n) is 5.72. The Labute approximate surface area is 140 Å². The molecule has 0 saturated carbocycles. The lowest BCUT2D eigenvalue weighted by molar-refractivity contribution is 0.239. The van der Waals surface area contributed by atoms with Crippen LogP contribution in [0.4, 0.5) is 11.6 Å². The fourth-order valence-electron chi connectivity index (χ4n) is 2.46. The van der Waals surface area contributed by atoms with Crippen LogP contribution in [0, 0.1) is 13.8 Å². The molecule has 1 atom stereocenters. The monoisotopic (exact) mass is 328 g/mol. The van der Waals surface area contributed by atoms with Crippen LogP contribution in [-0.2, 0) is 0 Å². The number of anilines is 2. The van der Waals surface area contributed by atoms with Crippen molar-refractivity contribution in [2.75, 3.05) is 12.4 Å². The van der Waals surface area contributed by atoms with E-state index in [0.717, 1.165) is 27.4 Å². The molecule has 1 aliphatic heterocycles. The van der Waals surface area contributed by atoms with E-state index in [-0.39, 0.29) is 5.37 Å². The highest BCUT2D eigenvalue weighted by atomic mass is 32.2. The Hall–Kier alpha value is -2.21. The molecule has 2 aromatic rings. The van der Waals surface area contributed by atoms with E-state index in [2.05, 4.69) is 28.3 Å². The van der Waals surface area contributed by atoms with Crippen molar-refractivity contribution < 1.29 is 5.11 Å². The molecule has 5 nitrogen and oxygen atoms in total. The topological polar surface area (TPSA) is 61.3 Å². The van der Waals surface area contributed by atoms with Gasteiger partial charge in [0.1, 0.15) is 0 Å². The zero-order valence-electron chi connectivity index (χ0n) is 13.7. The second-order valence-corrected chi connectivity index (χ2v) is 7.04. The van der Waals surface area contributed by atoms with Gasteiger partial charge in [0, 0.05) is 24.6 Å². The van der Waals surface area contributed by atoms with Gasteiger partial charge < -0.3 is 15.3 Å². The smallest absolute Gasteiger partial charge is 0.227 e. The van der Waals surface area contributed by atoms with Crippen molar-refractivity contribution in [1.82, 2.24) is 14.9 Å². The summed E-state index contributed by atoms with van der Waals surface area (Å²) in [7, 11) is 1.90. The van der Waals surface area contributed by atoms with E-state index >= 15 is 0 Å². The van der Waals surface area contributed by atoms with Gasteiger partial charge in [0.2, 0.25) is 11.8 Å². The Balaban J connectivity index is 1.94. The van der Waals surface area contributed by atoms with Gasteiger partial charge in [-0.25, -0.2) is 9.97 Å². The summed E-state index contributed by atoms with van der Waals surface area (Å²) in [6.45, 7) is 6.04.